The largest absolute Gasteiger partial charge is 0.356 e. The number of rotatable bonds is 3. The first kappa shape index (κ1) is 17.6. The van der Waals surface area contributed by atoms with Crippen molar-refractivity contribution in [3.05, 3.63) is 88.5 Å². The molecule has 0 saturated heterocycles. The minimum Gasteiger partial charge on any atom is -0.356 e. The van der Waals surface area contributed by atoms with E-state index in [2.05, 4.69) is 10.4 Å². The average molecular weight is 380 g/mol. The van der Waals surface area contributed by atoms with E-state index in [1.54, 1.807) is 42.1 Å². The van der Waals surface area contributed by atoms with Crippen LogP contribution in [-0.4, -0.2) is 20.3 Å². The number of halogens is 2. The summed E-state index contributed by atoms with van der Waals surface area (Å²) in [5.41, 5.74) is 0.916. The van der Waals surface area contributed by atoms with Gasteiger partial charge in [0, 0.05) is 31.2 Å². The molecule has 28 heavy (non-hydrogen) atoms. The Morgan fingerprint density at radius 2 is 1.79 bits per heavy atom. The van der Waals surface area contributed by atoms with Crippen LogP contribution in [0.25, 0.3) is 16.9 Å². The SMILES string of the molecule is Cn1cc(C(=O)Nc2ccc(F)c(F)c2)c2nn(-c3ccccc3)c(=O)c-2c1. The number of carbonyl (C=O) groups is 1. The van der Waals surface area contributed by atoms with E-state index in [4.69, 9.17) is 0 Å². The summed E-state index contributed by atoms with van der Waals surface area (Å²) in [5.74, 6) is -2.68. The van der Waals surface area contributed by atoms with Crippen LogP contribution in [0.5, 0.6) is 0 Å². The van der Waals surface area contributed by atoms with Crippen LogP contribution in [-0.2, 0) is 7.05 Å². The van der Waals surface area contributed by atoms with Crippen LogP contribution >= 0.6 is 0 Å². The van der Waals surface area contributed by atoms with Gasteiger partial charge in [0.2, 0.25) is 0 Å². The van der Waals surface area contributed by atoms with Crippen LogP contribution in [0.2, 0.25) is 0 Å². The fraction of sp³-hybridized carbons (Fsp3) is 0.0500. The molecule has 2 aliphatic heterocycles. The highest BCUT2D eigenvalue weighted by atomic mass is 19.2. The molecule has 140 valence electrons. The van der Waals surface area contributed by atoms with Crippen LogP contribution in [0.3, 0.4) is 0 Å². The van der Waals surface area contributed by atoms with E-state index >= 15 is 0 Å². The second-order valence-corrected chi connectivity index (χ2v) is 6.24. The molecular formula is C20H14F2N4O2. The smallest absolute Gasteiger partial charge is 0.282 e. The molecule has 2 aliphatic rings. The van der Waals surface area contributed by atoms with Crippen LogP contribution in [0, 0.1) is 11.6 Å². The van der Waals surface area contributed by atoms with Crippen molar-refractivity contribution in [3.63, 3.8) is 0 Å². The number of nitrogens with zero attached hydrogens (tertiary/aromatic N) is 3. The summed E-state index contributed by atoms with van der Waals surface area (Å²) in [7, 11) is 1.67. The van der Waals surface area contributed by atoms with E-state index < -0.39 is 17.5 Å². The number of hydrogen-bond acceptors (Lipinski definition) is 3. The lowest BCUT2D eigenvalue weighted by molar-refractivity contribution is 0.102. The summed E-state index contributed by atoms with van der Waals surface area (Å²) in [5, 5.41) is 6.82. The Labute approximate surface area is 158 Å². The van der Waals surface area contributed by atoms with E-state index in [9.17, 15) is 18.4 Å². The molecule has 0 fully saturated rings. The maximum Gasteiger partial charge on any atom is 0.282 e. The quantitative estimate of drug-likeness (QED) is 0.593. The number of pyridine rings is 1. The molecule has 0 saturated carbocycles. The summed E-state index contributed by atoms with van der Waals surface area (Å²) < 4.78 is 29.3. The summed E-state index contributed by atoms with van der Waals surface area (Å²) in [4.78, 5) is 25.5. The number of amides is 1. The standard InChI is InChI=1S/C20H14F2N4O2/c1-25-10-14(19(27)23-12-7-8-16(21)17(22)9-12)18-15(11-25)20(28)26(24-18)13-5-3-2-4-6-13/h2-11H,1H3,(H,23,27). The van der Waals surface area contributed by atoms with Gasteiger partial charge < -0.3 is 9.88 Å². The molecule has 0 unspecified atom stereocenters. The maximum absolute atomic E-state index is 13.4. The predicted molar refractivity (Wildman–Crippen MR) is 99.7 cm³/mol. The van der Waals surface area contributed by atoms with Crippen molar-refractivity contribution in [1.82, 2.24) is 14.3 Å². The van der Waals surface area contributed by atoms with Gasteiger partial charge in [-0.2, -0.15) is 9.78 Å². The minimum absolute atomic E-state index is 0.0911. The fourth-order valence-corrected chi connectivity index (χ4v) is 2.92. The molecule has 2 aromatic carbocycles. The molecule has 0 atom stereocenters. The molecule has 0 spiro atoms. The number of anilines is 1. The van der Waals surface area contributed by atoms with E-state index in [0.717, 1.165) is 12.1 Å². The minimum atomic E-state index is -1.07. The second-order valence-electron chi connectivity index (χ2n) is 6.24. The topological polar surface area (TPSA) is 68.9 Å². The first-order valence-corrected chi connectivity index (χ1v) is 8.35. The van der Waals surface area contributed by atoms with Gasteiger partial charge in [0.15, 0.2) is 11.6 Å². The van der Waals surface area contributed by atoms with E-state index in [1.165, 1.54) is 16.9 Å². The van der Waals surface area contributed by atoms with Crippen LogP contribution in [0.4, 0.5) is 14.5 Å². The molecule has 0 aliphatic carbocycles. The number of aromatic nitrogens is 3. The first-order valence-electron chi connectivity index (χ1n) is 8.35. The van der Waals surface area contributed by atoms with Crippen molar-refractivity contribution in [2.75, 3.05) is 5.32 Å². The van der Waals surface area contributed by atoms with Crippen molar-refractivity contribution in [2.45, 2.75) is 0 Å². The molecule has 2 aromatic rings. The molecule has 1 amide bonds. The van der Waals surface area contributed by atoms with E-state index in [1.807, 2.05) is 6.07 Å². The maximum atomic E-state index is 13.4. The zero-order chi connectivity index (χ0) is 19.8. The van der Waals surface area contributed by atoms with Gasteiger partial charge in [-0.3, -0.25) is 9.59 Å². The van der Waals surface area contributed by atoms with Gasteiger partial charge in [0.05, 0.1) is 16.8 Å². The molecule has 8 heteroatoms. The van der Waals surface area contributed by atoms with Crippen LogP contribution < -0.4 is 10.9 Å². The van der Waals surface area contributed by atoms with Gasteiger partial charge in [-0.15, -0.1) is 0 Å². The van der Waals surface area contributed by atoms with Crippen molar-refractivity contribution >= 4 is 11.6 Å². The highest BCUT2D eigenvalue weighted by molar-refractivity contribution is 6.08. The normalized spacial score (nSPS) is 11.0. The fourth-order valence-electron chi connectivity index (χ4n) is 2.92. The third-order valence-electron chi connectivity index (χ3n) is 4.22. The molecule has 0 radical (unpaired) electrons. The molecule has 4 rings (SSSR count). The Morgan fingerprint density at radius 3 is 2.50 bits per heavy atom. The molecule has 6 nitrogen and oxygen atoms in total. The van der Waals surface area contributed by atoms with Gasteiger partial charge in [0.1, 0.15) is 5.69 Å². The van der Waals surface area contributed by atoms with Gasteiger partial charge >= 0.3 is 0 Å². The zero-order valence-corrected chi connectivity index (χ0v) is 14.7. The number of carbonyl (C=O) groups excluding carboxylic acids is 1. The lowest BCUT2D eigenvalue weighted by Crippen LogP contribution is -2.17. The predicted octanol–water partition coefficient (Wildman–Crippen LogP) is 3.21. The van der Waals surface area contributed by atoms with Crippen molar-refractivity contribution in [2.24, 2.45) is 7.05 Å². The third kappa shape index (κ3) is 3.05. The molecular weight excluding hydrogens is 366 g/mol. The molecule has 2 heterocycles. The molecule has 1 N–H and O–H groups in total. The Kier molecular flexibility index (Phi) is 4.23. The van der Waals surface area contributed by atoms with Crippen LogP contribution in [0.1, 0.15) is 10.4 Å². The Hall–Kier alpha value is -3.81. The summed E-state index contributed by atoms with van der Waals surface area (Å²) in [6, 6.07) is 11.9. The number of hydrogen-bond donors (Lipinski definition) is 1. The number of benzene rings is 2. The highest BCUT2D eigenvalue weighted by Crippen LogP contribution is 2.23. The monoisotopic (exact) mass is 380 g/mol. The van der Waals surface area contributed by atoms with Crippen molar-refractivity contribution in [1.29, 1.82) is 0 Å². The average Bonchev–Trinajstić information content (AvgIpc) is 3.01. The summed E-state index contributed by atoms with van der Waals surface area (Å²) >= 11 is 0. The lowest BCUT2D eigenvalue weighted by Gasteiger charge is -2.10. The Morgan fingerprint density at radius 1 is 1.04 bits per heavy atom. The van der Waals surface area contributed by atoms with E-state index in [-0.39, 0.29) is 28.1 Å². The molecule has 0 bridgehead atoms. The van der Waals surface area contributed by atoms with Gasteiger partial charge in [-0.05, 0) is 24.3 Å². The zero-order valence-electron chi connectivity index (χ0n) is 14.7. The highest BCUT2D eigenvalue weighted by Gasteiger charge is 2.24. The van der Waals surface area contributed by atoms with Crippen molar-refractivity contribution in [3.8, 4) is 16.9 Å². The lowest BCUT2D eigenvalue weighted by atomic mass is 10.1. The first-order chi connectivity index (χ1) is 13.4. The van der Waals surface area contributed by atoms with Gasteiger partial charge in [0.25, 0.3) is 11.5 Å². The molecule has 0 aromatic heterocycles. The summed E-state index contributed by atoms with van der Waals surface area (Å²) in [6.45, 7) is 0. The van der Waals surface area contributed by atoms with E-state index in [0.29, 0.717) is 5.69 Å². The Balaban J connectivity index is 1.79. The number of nitrogens with one attached hydrogen (secondary N) is 1. The number of fused-ring (bicyclic) bond motifs is 1. The number of para-hydroxylation sites is 1. The summed E-state index contributed by atoms with van der Waals surface area (Å²) in [6.07, 6.45) is 3.10. The van der Waals surface area contributed by atoms with Gasteiger partial charge in [-0.1, -0.05) is 18.2 Å². The third-order valence-corrected chi connectivity index (χ3v) is 4.22. The second kappa shape index (κ2) is 6.73. The van der Waals surface area contributed by atoms with Gasteiger partial charge in [-0.25, -0.2) is 8.78 Å². The Bertz CT molecular complexity index is 1210. The van der Waals surface area contributed by atoms with Crippen molar-refractivity contribution < 1.29 is 13.6 Å². The number of aryl methyl sites for hydroxylation is 1. The van der Waals surface area contributed by atoms with Crippen LogP contribution in [0.15, 0.2) is 65.7 Å².